The minimum atomic E-state index is -3.80. The molecular weight excluding hydrogens is 502 g/mol. The van der Waals surface area contributed by atoms with Crippen LogP contribution in [-0.2, 0) is 21.2 Å². The molecule has 1 unspecified atom stereocenters. The third kappa shape index (κ3) is 4.38. The predicted molar refractivity (Wildman–Crippen MR) is 137 cm³/mol. The summed E-state index contributed by atoms with van der Waals surface area (Å²) < 4.78 is 28.3. The van der Waals surface area contributed by atoms with Gasteiger partial charge in [0.05, 0.1) is 29.8 Å². The van der Waals surface area contributed by atoms with Crippen molar-refractivity contribution in [3.63, 3.8) is 0 Å². The Balaban J connectivity index is 1.23. The zero-order chi connectivity index (χ0) is 25.6. The number of fused-ring (bicyclic) bond motifs is 2. The average Bonchev–Trinajstić information content (AvgIpc) is 3.41. The van der Waals surface area contributed by atoms with Crippen LogP contribution in [0, 0.1) is 6.92 Å². The number of hydrogen-bond donors (Lipinski definition) is 1. The fourth-order valence-electron chi connectivity index (χ4n) is 5.14. The topological polar surface area (TPSA) is 105 Å². The van der Waals surface area contributed by atoms with E-state index in [9.17, 15) is 18.0 Å². The van der Waals surface area contributed by atoms with Crippen LogP contribution >= 0.6 is 11.6 Å². The quantitative estimate of drug-likeness (QED) is 0.526. The van der Waals surface area contributed by atoms with Crippen molar-refractivity contribution in [1.82, 2.24) is 24.7 Å². The van der Waals surface area contributed by atoms with E-state index in [-0.39, 0.29) is 29.3 Å². The van der Waals surface area contributed by atoms with Gasteiger partial charge in [0.25, 0.3) is 0 Å². The van der Waals surface area contributed by atoms with Crippen molar-refractivity contribution in [3.8, 4) is 0 Å². The van der Waals surface area contributed by atoms with Gasteiger partial charge >= 0.3 is 6.03 Å². The van der Waals surface area contributed by atoms with Crippen molar-refractivity contribution in [1.29, 1.82) is 0 Å². The molecule has 0 bridgehead atoms. The van der Waals surface area contributed by atoms with E-state index in [1.165, 1.54) is 0 Å². The summed E-state index contributed by atoms with van der Waals surface area (Å²) in [5, 5.41) is 3.96. The Kier molecular flexibility index (Phi) is 6.52. The molecule has 1 fully saturated rings. The van der Waals surface area contributed by atoms with Gasteiger partial charge in [-0.3, -0.25) is 9.36 Å². The highest BCUT2D eigenvalue weighted by atomic mass is 35.5. The lowest BCUT2D eigenvalue weighted by Gasteiger charge is -2.36. The molecule has 36 heavy (non-hydrogen) atoms. The van der Waals surface area contributed by atoms with Gasteiger partial charge in [-0.05, 0) is 61.9 Å². The molecule has 2 aliphatic heterocycles. The van der Waals surface area contributed by atoms with Crippen molar-refractivity contribution < 1.29 is 18.0 Å². The van der Waals surface area contributed by atoms with Crippen LogP contribution in [0.4, 0.5) is 4.79 Å². The molecule has 190 valence electrons. The number of nitrogens with zero attached hydrogens (tertiary/aromatic N) is 4. The summed E-state index contributed by atoms with van der Waals surface area (Å²) in [5.74, 6) is 0.461. The molecule has 5 rings (SSSR count). The molecule has 0 radical (unpaired) electrons. The number of nitrogens with one attached hydrogen (secondary N) is 1. The number of likely N-dealkylation sites (tertiary alicyclic amines) is 1. The first-order chi connectivity index (χ1) is 17.2. The number of carbonyl (C=O) groups is 2. The number of imidazole rings is 1. The number of halogens is 1. The van der Waals surface area contributed by atoms with E-state index in [0.717, 1.165) is 16.5 Å². The third-order valence-corrected chi connectivity index (χ3v) is 9.49. The summed E-state index contributed by atoms with van der Waals surface area (Å²) in [4.78, 5) is 33.8. The van der Waals surface area contributed by atoms with Gasteiger partial charge in [0.1, 0.15) is 11.2 Å². The van der Waals surface area contributed by atoms with Crippen LogP contribution in [0.5, 0.6) is 0 Å². The van der Waals surface area contributed by atoms with Gasteiger partial charge in [-0.15, -0.1) is 0 Å². The molecule has 0 spiro atoms. The lowest BCUT2D eigenvalue weighted by Crippen LogP contribution is -2.49. The van der Waals surface area contributed by atoms with Gasteiger partial charge in [-0.2, -0.15) is 0 Å². The number of benzene rings is 2. The van der Waals surface area contributed by atoms with E-state index >= 15 is 0 Å². The van der Waals surface area contributed by atoms with E-state index < -0.39 is 15.2 Å². The molecule has 3 heterocycles. The molecule has 2 amide bonds. The summed E-state index contributed by atoms with van der Waals surface area (Å²) in [7, 11) is -2.25. The number of amides is 2. The smallest absolute Gasteiger partial charge is 0.330 e. The zero-order valence-electron chi connectivity index (χ0n) is 20.1. The van der Waals surface area contributed by atoms with E-state index in [2.05, 4.69) is 10.3 Å². The standard InChI is InChI=1S/C25H28ClN5O4S/c1-16-28-14-21-15-30(25(33)31(16)21)20-7-9-29(10-8-20)24(32)13-23(27-2)36(34,35)22-6-4-17-11-19(26)5-3-18(17)12-22/h3-6,11-12,14,20,23,27H,7-10,13,15H2,1-2H3. The fourth-order valence-corrected chi connectivity index (χ4v) is 6.87. The SMILES string of the molecule is CNC(CC(=O)N1CCC(N2Cc3cnc(C)n3C2=O)CC1)S(=O)(=O)c1ccc2cc(Cl)ccc2c1. The lowest BCUT2D eigenvalue weighted by molar-refractivity contribution is -0.132. The Morgan fingerprint density at radius 2 is 1.86 bits per heavy atom. The second kappa shape index (κ2) is 9.49. The van der Waals surface area contributed by atoms with E-state index in [4.69, 9.17) is 11.6 Å². The highest BCUT2D eigenvalue weighted by molar-refractivity contribution is 7.92. The minimum Gasteiger partial charge on any atom is -0.342 e. The van der Waals surface area contributed by atoms with Gasteiger partial charge in [-0.25, -0.2) is 18.2 Å². The molecule has 1 atom stereocenters. The maximum atomic E-state index is 13.4. The Morgan fingerprint density at radius 1 is 1.17 bits per heavy atom. The average molecular weight is 530 g/mol. The van der Waals surface area contributed by atoms with Crippen LogP contribution < -0.4 is 5.32 Å². The molecule has 1 saturated heterocycles. The highest BCUT2D eigenvalue weighted by Gasteiger charge is 2.37. The first-order valence-corrected chi connectivity index (χ1v) is 13.8. The minimum absolute atomic E-state index is 0.0378. The van der Waals surface area contributed by atoms with Crippen LogP contribution in [0.1, 0.15) is 30.8 Å². The predicted octanol–water partition coefficient (Wildman–Crippen LogP) is 3.18. The first kappa shape index (κ1) is 24.7. The fraction of sp³-hybridized carbons (Fsp3) is 0.400. The van der Waals surface area contributed by atoms with Crippen LogP contribution in [-0.4, -0.2) is 71.3 Å². The molecular formula is C25H28ClN5O4S. The maximum absolute atomic E-state index is 13.4. The number of hydrogen-bond acceptors (Lipinski definition) is 6. The Hall–Kier alpha value is -2.95. The second-order valence-corrected chi connectivity index (χ2v) is 11.9. The first-order valence-electron chi connectivity index (χ1n) is 11.9. The Labute approximate surface area is 214 Å². The summed E-state index contributed by atoms with van der Waals surface area (Å²) >= 11 is 6.03. The molecule has 1 N–H and O–H groups in total. The van der Waals surface area contributed by atoms with Crippen LogP contribution in [0.2, 0.25) is 5.02 Å². The van der Waals surface area contributed by atoms with Gasteiger partial charge < -0.3 is 15.1 Å². The molecule has 1 aromatic heterocycles. The van der Waals surface area contributed by atoms with Crippen molar-refractivity contribution in [2.45, 2.75) is 49.0 Å². The highest BCUT2D eigenvalue weighted by Crippen LogP contribution is 2.28. The monoisotopic (exact) mass is 529 g/mol. The summed E-state index contributed by atoms with van der Waals surface area (Å²) in [6.45, 7) is 3.29. The van der Waals surface area contributed by atoms with Crippen LogP contribution in [0.15, 0.2) is 47.5 Å². The molecule has 2 aromatic carbocycles. The molecule has 9 nitrogen and oxygen atoms in total. The normalized spacial score (nSPS) is 17.6. The van der Waals surface area contributed by atoms with Gasteiger partial charge in [0.2, 0.25) is 5.91 Å². The summed E-state index contributed by atoms with van der Waals surface area (Å²) in [6, 6.07) is 10.1. The van der Waals surface area contributed by atoms with Gasteiger partial charge in [-0.1, -0.05) is 23.7 Å². The van der Waals surface area contributed by atoms with Crippen molar-refractivity contribution in [3.05, 3.63) is 59.1 Å². The largest absolute Gasteiger partial charge is 0.342 e. The molecule has 3 aromatic rings. The number of rotatable bonds is 6. The van der Waals surface area contributed by atoms with Gasteiger partial charge in [0, 0.05) is 24.2 Å². The Bertz CT molecular complexity index is 1450. The summed E-state index contributed by atoms with van der Waals surface area (Å²) in [6.07, 6.45) is 2.87. The van der Waals surface area contributed by atoms with Crippen LogP contribution in [0.3, 0.4) is 0 Å². The van der Waals surface area contributed by atoms with Crippen molar-refractivity contribution in [2.24, 2.45) is 0 Å². The van der Waals surface area contributed by atoms with Crippen molar-refractivity contribution in [2.75, 3.05) is 20.1 Å². The van der Waals surface area contributed by atoms with Gasteiger partial charge in [0.15, 0.2) is 9.84 Å². The number of piperidine rings is 1. The Morgan fingerprint density at radius 3 is 2.56 bits per heavy atom. The summed E-state index contributed by atoms with van der Waals surface area (Å²) in [5.41, 5.74) is 0.884. The number of sulfone groups is 1. The third-order valence-electron chi connectivity index (χ3n) is 7.20. The molecule has 2 aliphatic rings. The van der Waals surface area contributed by atoms with E-state index in [1.54, 1.807) is 59.1 Å². The molecule has 0 saturated carbocycles. The zero-order valence-corrected chi connectivity index (χ0v) is 21.7. The van der Waals surface area contributed by atoms with E-state index in [0.29, 0.717) is 43.3 Å². The number of carbonyl (C=O) groups excluding carboxylic acids is 2. The van der Waals surface area contributed by atoms with E-state index in [1.807, 2.05) is 11.8 Å². The molecule has 0 aliphatic carbocycles. The lowest BCUT2D eigenvalue weighted by atomic mass is 10.0. The van der Waals surface area contributed by atoms with Crippen molar-refractivity contribution >= 4 is 44.1 Å². The maximum Gasteiger partial charge on any atom is 0.330 e. The second-order valence-electron chi connectivity index (χ2n) is 9.33. The number of aromatic nitrogens is 2. The van der Waals surface area contributed by atoms with Crippen LogP contribution in [0.25, 0.3) is 10.8 Å². The molecule has 11 heteroatoms. The number of aryl methyl sites for hydroxylation is 1.